The summed E-state index contributed by atoms with van der Waals surface area (Å²) in [5, 5.41) is 0. The van der Waals surface area contributed by atoms with Crippen LogP contribution in [0.5, 0.6) is 0 Å². The van der Waals surface area contributed by atoms with Crippen LogP contribution >= 0.6 is 43.2 Å². The standard InChI is InChI=1S/C12H11Br2NS/c1-7-4-2-3-5-8(7)11(15)9-6-10(13)16-12(9)14/h2-6,11H,15H2,1H3. The summed E-state index contributed by atoms with van der Waals surface area (Å²) in [4.78, 5) is 0. The van der Waals surface area contributed by atoms with Gasteiger partial charge in [-0.1, -0.05) is 24.3 Å². The third-order valence-corrected chi connectivity index (χ3v) is 4.93. The van der Waals surface area contributed by atoms with E-state index in [2.05, 4.69) is 57.0 Å². The Kier molecular flexibility index (Phi) is 3.85. The van der Waals surface area contributed by atoms with E-state index in [0.717, 1.165) is 13.1 Å². The fourth-order valence-electron chi connectivity index (χ4n) is 1.67. The minimum atomic E-state index is -0.0712. The van der Waals surface area contributed by atoms with Crippen LogP contribution in [-0.4, -0.2) is 0 Å². The smallest absolute Gasteiger partial charge is 0.0761 e. The van der Waals surface area contributed by atoms with Crippen LogP contribution in [0.1, 0.15) is 22.7 Å². The predicted octanol–water partition coefficient (Wildman–Crippen LogP) is 4.63. The number of halogens is 2. The first kappa shape index (κ1) is 12.3. The van der Waals surface area contributed by atoms with Gasteiger partial charge in [0.25, 0.3) is 0 Å². The molecule has 0 spiro atoms. The highest BCUT2D eigenvalue weighted by molar-refractivity contribution is 9.12. The average Bonchev–Trinajstić information content (AvgIpc) is 2.58. The largest absolute Gasteiger partial charge is 0.320 e. The molecule has 0 amide bonds. The van der Waals surface area contributed by atoms with Crippen LogP contribution in [0.15, 0.2) is 37.9 Å². The molecule has 0 bridgehead atoms. The van der Waals surface area contributed by atoms with Crippen molar-refractivity contribution in [2.24, 2.45) is 5.73 Å². The summed E-state index contributed by atoms with van der Waals surface area (Å²) in [7, 11) is 0. The van der Waals surface area contributed by atoms with Crippen LogP contribution in [0.2, 0.25) is 0 Å². The van der Waals surface area contributed by atoms with E-state index in [0.29, 0.717) is 0 Å². The van der Waals surface area contributed by atoms with Gasteiger partial charge >= 0.3 is 0 Å². The summed E-state index contributed by atoms with van der Waals surface area (Å²) in [6.45, 7) is 2.09. The molecule has 2 rings (SSSR count). The maximum atomic E-state index is 6.29. The van der Waals surface area contributed by atoms with Gasteiger partial charge in [0.15, 0.2) is 0 Å². The Bertz CT molecular complexity index is 507. The molecule has 16 heavy (non-hydrogen) atoms. The highest BCUT2D eigenvalue weighted by Crippen LogP contribution is 2.37. The molecule has 0 aliphatic heterocycles. The molecule has 4 heteroatoms. The van der Waals surface area contributed by atoms with Crippen LogP contribution in [-0.2, 0) is 0 Å². The fraction of sp³-hybridized carbons (Fsp3) is 0.167. The molecule has 1 atom stereocenters. The Labute approximate surface area is 116 Å². The number of rotatable bonds is 2. The summed E-state index contributed by atoms with van der Waals surface area (Å²) in [6, 6.07) is 10.2. The van der Waals surface area contributed by atoms with Gasteiger partial charge in [0.1, 0.15) is 0 Å². The molecule has 0 fully saturated rings. The van der Waals surface area contributed by atoms with Crippen LogP contribution < -0.4 is 5.73 Å². The zero-order valence-corrected chi connectivity index (χ0v) is 12.7. The Morgan fingerprint density at radius 1 is 1.19 bits per heavy atom. The lowest BCUT2D eigenvalue weighted by Crippen LogP contribution is -2.12. The third-order valence-electron chi connectivity index (χ3n) is 2.54. The lowest BCUT2D eigenvalue weighted by molar-refractivity contribution is 0.862. The van der Waals surface area contributed by atoms with Crippen molar-refractivity contribution in [3.05, 3.63) is 54.6 Å². The summed E-state index contributed by atoms with van der Waals surface area (Å²) >= 11 is 8.67. The van der Waals surface area contributed by atoms with Crippen molar-refractivity contribution < 1.29 is 0 Å². The van der Waals surface area contributed by atoms with Gasteiger partial charge in [0.2, 0.25) is 0 Å². The van der Waals surface area contributed by atoms with Gasteiger partial charge in [-0.15, -0.1) is 11.3 Å². The highest BCUT2D eigenvalue weighted by atomic mass is 79.9. The van der Waals surface area contributed by atoms with E-state index in [9.17, 15) is 0 Å². The number of thiophene rings is 1. The van der Waals surface area contributed by atoms with Gasteiger partial charge in [-0.05, 0) is 61.5 Å². The van der Waals surface area contributed by atoms with Gasteiger partial charge in [-0.2, -0.15) is 0 Å². The van der Waals surface area contributed by atoms with Gasteiger partial charge < -0.3 is 5.73 Å². The SMILES string of the molecule is Cc1ccccc1C(N)c1cc(Br)sc1Br. The molecular weight excluding hydrogens is 350 g/mol. The average molecular weight is 361 g/mol. The molecular formula is C12H11Br2NS. The van der Waals surface area contributed by atoms with E-state index in [1.807, 2.05) is 12.1 Å². The van der Waals surface area contributed by atoms with Gasteiger partial charge in [-0.25, -0.2) is 0 Å². The molecule has 0 aliphatic rings. The molecule has 1 unspecified atom stereocenters. The maximum absolute atomic E-state index is 6.29. The van der Waals surface area contributed by atoms with Crippen molar-refractivity contribution in [2.45, 2.75) is 13.0 Å². The Balaban J connectivity index is 2.43. The Morgan fingerprint density at radius 2 is 1.88 bits per heavy atom. The molecule has 2 aromatic rings. The van der Waals surface area contributed by atoms with Crippen LogP contribution in [0, 0.1) is 6.92 Å². The minimum absolute atomic E-state index is 0.0712. The van der Waals surface area contributed by atoms with E-state index >= 15 is 0 Å². The zero-order valence-electron chi connectivity index (χ0n) is 8.71. The molecule has 0 saturated heterocycles. The van der Waals surface area contributed by atoms with Crippen molar-refractivity contribution in [1.29, 1.82) is 0 Å². The van der Waals surface area contributed by atoms with Crippen LogP contribution in [0.3, 0.4) is 0 Å². The summed E-state index contributed by atoms with van der Waals surface area (Å²) < 4.78 is 2.19. The fourth-order valence-corrected chi connectivity index (χ4v) is 4.60. The first-order chi connectivity index (χ1) is 7.59. The lowest BCUT2D eigenvalue weighted by Gasteiger charge is -2.14. The number of benzene rings is 1. The van der Waals surface area contributed by atoms with Crippen molar-refractivity contribution >= 4 is 43.2 Å². The summed E-state index contributed by atoms with van der Waals surface area (Å²) in [6.07, 6.45) is 0. The number of hydrogen-bond donors (Lipinski definition) is 1. The van der Waals surface area contributed by atoms with Gasteiger partial charge in [-0.3, -0.25) is 0 Å². The molecule has 0 aliphatic carbocycles. The van der Waals surface area contributed by atoms with E-state index in [-0.39, 0.29) is 6.04 Å². The zero-order chi connectivity index (χ0) is 11.7. The highest BCUT2D eigenvalue weighted by Gasteiger charge is 2.16. The molecule has 0 saturated carbocycles. The van der Waals surface area contributed by atoms with Crippen LogP contribution in [0.4, 0.5) is 0 Å². The molecule has 1 heterocycles. The summed E-state index contributed by atoms with van der Waals surface area (Å²) in [5.41, 5.74) is 9.82. The van der Waals surface area contributed by atoms with Crippen molar-refractivity contribution in [2.75, 3.05) is 0 Å². The van der Waals surface area contributed by atoms with E-state index < -0.39 is 0 Å². The second-order valence-electron chi connectivity index (χ2n) is 3.61. The molecule has 0 radical (unpaired) electrons. The second-order valence-corrected chi connectivity index (χ2v) is 7.36. The first-order valence-corrected chi connectivity index (χ1v) is 7.25. The number of hydrogen-bond acceptors (Lipinski definition) is 2. The predicted molar refractivity (Wildman–Crippen MR) is 76.9 cm³/mol. The van der Waals surface area contributed by atoms with Gasteiger partial charge in [0.05, 0.1) is 13.6 Å². The third kappa shape index (κ3) is 2.40. The molecule has 1 aromatic carbocycles. The van der Waals surface area contributed by atoms with E-state index in [1.165, 1.54) is 11.1 Å². The van der Waals surface area contributed by atoms with Crippen molar-refractivity contribution in [3.8, 4) is 0 Å². The molecule has 1 aromatic heterocycles. The summed E-state index contributed by atoms with van der Waals surface area (Å²) in [5.74, 6) is 0. The molecule has 1 nitrogen and oxygen atoms in total. The van der Waals surface area contributed by atoms with Crippen LogP contribution in [0.25, 0.3) is 0 Å². The first-order valence-electron chi connectivity index (χ1n) is 4.85. The van der Waals surface area contributed by atoms with Gasteiger partial charge in [0, 0.05) is 0 Å². The minimum Gasteiger partial charge on any atom is -0.320 e. The lowest BCUT2D eigenvalue weighted by atomic mass is 9.98. The van der Waals surface area contributed by atoms with Crippen molar-refractivity contribution in [3.63, 3.8) is 0 Å². The second kappa shape index (κ2) is 5.00. The topological polar surface area (TPSA) is 26.0 Å². The monoisotopic (exact) mass is 359 g/mol. The number of aryl methyl sites for hydroxylation is 1. The normalized spacial score (nSPS) is 12.8. The molecule has 2 N–H and O–H groups in total. The van der Waals surface area contributed by atoms with E-state index in [1.54, 1.807) is 11.3 Å². The Hall–Kier alpha value is -0.160. The molecule has 84 valence electrons. The quantitative estimate of drug-likeness (QED) is 0.830. The van der Waals surface area contributed by atoms with Crippen molar-refractivity contribution in [1.82, 2.24) is 0 Å². The Morgan fingerprint density at radius 3 is 2.44 bits per heavy atom. The maximum Gasteiger partial charge on any atom is 0.0761 e. The van der Waals surface area contributed by atoms with E-state index in [4.69, 9.17) is 5.73 Å². The number of nitrogens with two attached hydrogens (primary N) is 1.